The Kier molecular flexibility index (Phi) is 2.60. The fourth-order valence-corrected chi connectivity index (χ4v) is 2.28. The van der Waals surface area contributed by atoms with Crippen LogP contribution in [0.4, 0.5) is 0 Å². The van der Waals surface area contributed by atoms with E-state index in [4.69, 9.17) is 0 Å². The Morgan fingerprint density at radius 3 is 2.94 bits per heavy atom. The molecular weight excluding hydrogens is 228 g/mol. The van der Waals surface area contributed by atoms with Crippen molar-refractivity contribution in [2.24, 2.45) is 7.05 Å². The van der Waals surface area contributed by atoms with Crippen molar-refractivity contribution in [3.63, 3.8) is 0 Å². The van der Waals surface area contributed by atoms with Crippen molar-refractivity contribution in [3.05, 3.63) is 23.5 Å². The van der Waals surface area contributed by atoms with Gasteiger partial charge in [0.15, 0.2) is 5.65 Å². The van der Waals surface area contributed by atoms with Crippen molar-refractivity contribution in [1.29, 1.82) is 0 Å². The Bertz CT molecular complexity index is 586. The molecule has 0 radical (unpaired) electrons. The summed E-state index contributed by atoms with van der Waals surface area (Å²) in [6, 6.07) is 2.13. The van der Waals surface area contributed by atoms with Gasteiger partial charge in [0.05, 0.1) is 12.3 Å². The second-order valence-corrected chi connectivity index (χ2v) is 5.22. The van der Waals surface area contributed by atoms with Crippen molar-refractivity contribution >= 4 is 11.0 Å². The van der Waals surface area contributed by atoms with E-state index in [9.17, 15) is 5.11 Å². The summed E-state index contributed by atoms with van der Waals surface area (Å²) in [4.78, 5) is 4.45. The first-order valence-electron chi connectivity index (χ1n) is 6.28. The van der Waals surface area contributed by atoms with Gasteiger partial charge < -0.3 is 10.4 Å². The number of aliphatic hydroxyl groups excluding tert-OH is 1. The van der Waals surface area contributed by atoms with Gasteiger partial charge in [-0.2, -0.15) is 5.10 Å². The van der Waals surface area contributed by atoms with E-state index in [1.165, 1.54) is 0 Å². The normalized spacial score (nSPS) is 17.3. The summed E-state index contributed by atoms with van der Waals surface area (Å²) in [6.07, 6.45) is 4.00. The molecule has 2 aromatic rings. The molecule has 1 aliphatic rings. The average Bonchev–Trinajstić information content (AvgIpc) is 3.11. The van der Waals surface area contributed by atoms with Crippen LogP contribution in [-0.4, -0.2) is 32.0 Å². The second-order valence-electron chi connectivity index (χ2n) is 5.22. The maximum Gasteiger partial charge on any atom is 0.157 e. The lowest BCUT2D eigenvalue weighted by Crippen LogP contribution is -2.34. The molecule has 2 N–H and O–H groups in total. The first-order chi connectivity index (χ1) is 8.63. The zero-order valence-corrected chi connectivity index (χ0v) is 10.8. The quantitative estimate of drug-likeness (QED) is 0.841. The minimum atomic E-state index is -0.0288. The topological polar surface area (TPSA) is 63.0 Å². The predicted octanol–water partition coefficient (Wildman–Crippen LogP) is 0.891. The van der Waals surface area contributed by atoms with Crippen molar-refractivity contribution < 1.29 is 5.11 Å². The molecule has 2 aromatic heterocycles. The molecule has 0 unspecified atom stereocenters. The number of aliphatic hydroxyl groups is 1. The standard InChI is InChI=1S/C13H18N4O/c1-9-11-5-10(6-14-12(11)17(2)16-9)7-15-13(8-18)3-4-13/h5-6,15,18H,3-4,7-8H2,1-2H3. The van der Waals surface area contributed by atoms with Gasteiger partial charge in [-0.15, -0.1) is 0 Å². The number of pyridine rings is 1. The van der Waals surface area contributed by atoms with Crippen LogP contribution in [0.1, 0.15) is 24.1 Å². The molecule has 0 aromatic carbocycles. The first-order valence-corrected chi connectivity index (χ1v) is 6.28. The number of aromatic nitrogens is 3. The molecule has 1 saturated carbocycles. The van der Waals surface area contributed by atoms with Gasteiger partial charge in [0.1, 0.15) is 0 Å². The summed E-state index contributed by atoms with van der Waals surface area (Å²) < 4.78 is 1.80. The molecule has 3 rings (SSSR count). The first kappa shape index (κ1) is 11.6. The van der Waals surface area contributed by atoms with Crippen LogP contribution < -0.4 is 5.32 Å². The van der Waals surface area contributed by atoms with Gasteiger partial charge >= 0.3 is 0 Å². The van der Waals surface area contributed by atoms with Crippen LogP contribution in [0.2, 0.25) is 0 Å². The lowest BCUT2D eigenvalue weighted by Gasteiger charge is -2.13. The summed E-state index contributed by atoms with van der Waals surface area (Å²) in [5.41, 5.74) is 3.03. The molecule has 2 heterocycles. The molecule has 18 heavy (non-hydrogen) atoms. The number of hydrogen-bond donors (Lipinski definition) is 2. The number of nitrogens with one attached hydrogen (secondary N) is 1. The van der Waals surface area contributed by atoms with Crippen LogP contribution in [-0.2, 0) is 13.6 Å². The maximum absolute atomic E-state index is 9.26. The molecule has 1 fully saturated rings. The Morgan fingerprint density at radius 1 is 1.50 bits per heavy atom. The highest BCUT2D eigenvalue weighted by molar-refractivity contribution is 5.78. The van der Waals surface area contributed by atoms with E-state index in [0.717, 1.165) is 41.7 Å². The van der Waals surface area contributed by atoms with Crippen molar-refractivity contribution in [1.82, 2.24) is 20.1 Å². The largest absolute Gasteiger partial charge is 0.394 e. The van der Waals surface area contributed by atoms with E-state index in [2.05, 4.69) is 21.5 Å². The molecule has 0 spiro atoms. The number of aryl methyl sites for hydroxylation is 2. The smallest absolute Gasteiger partial charge is 0.157 e. The Morgan fingerprint density at radius 2 is 2.28 bits per heavy atom. The van der Waals surface area contributed by atoms with E-state index in [-0.39, 0.29) is 12.1 Å². The van der Waals surface area contributed by atoms with Gasteiger partial charge in [-0.1, -0.05) is 0 Å². The Labute approximate surface area is 106 Å². The van der Waals surface area contributed by atoms with E-state index in [0.29, 0.717) is 0 Å². The summed E-state index contributed by atoms with van der Waals surface area (Å²) in [5, 5.41) is 18.1. The third-order valence-corrected chi connectivity index (χ3v) is 3.74. The van der Waals surface area contributed by atoms with Crippen LogP contribution in [0.5, 0.6) is 0 Å². The van der Waals surface area contributed by atoms with Gasteiger partial charge in [0, 0.05) is 30.7 Å². The van der Waals surface area contributed by atoms with E-state index < -0.39 is 0 Å². The van der Waals surface area contributed by atoms with Gasteiger partial charge in [-0.3, -0.25) is 4.68 Å². The molecular formula is C13H18N4O. The van der Waals surface area contributed by atoms with Crippen LogP contribution >= 0.6 is 0 Å². The maximum atomic E-state index is 9.26. The lowest BCUT2D eigenvalue weighted by atomic mass is 10.2. The number of rotatable bonds is 4. The summed E-state index contributed by atoms with van der Waals surface area (Å²) in [6.45, 7) is 2.96. The summed E-state index contributed by atoms with van der Waals surface area (Å²) in [7, 11) is 1.91. The molecule has 0 bridgehead atoms. The highest BCUT2D eigenvalue weighted by Gasteiger charge is 2.41. The van der Waals surface area contributed by atoms with Gasteiger partial charge in [0.2, 0.25) is 0 Å². The monoisotopic (exact) mass is 246 g/mol. The van der Waals surface area contributed by atoms with E-state index in [1.807, 2.05) is 20.2 Å². The third kappa shape index (κ3) is 1.89. The van der Waals surface area contributed by atoms with Gasteiger partial charge in [-0.25, -0.2) is 4.98 Å². The number of nitrogens with zero attached hydrogens (tertiary/aromatic N) is 3. The molecule has 0 atom stereocenters. The Hall–Kier alpha value is -1.46. The fourth-order valence-electron chi connectivity index (χ4n) is 2.28. The van der Waals surface area contributed by atoms with Crippen LogP contribution in [0.15, 0.2) is 12.3 Å². The van der Waals surface area contributed by atoms with Crippen LogP contribution in [0, 0.1) is 6.92 Å². The molecule has 0 amide bonds. The molecule has 5 heteroatoms. The summed E-state index contributed by atoms with van der Waals surface area (Å²) in [5.74, 6) is 0. The van der Waals surface area contributed by atoms with Gasteiger partial charge in [-0.05, 0) is 31.4 Å². The number of fused-ring (bicyclic) bond motifs is 1. The minimum Gasteiger partial charge on any atom is -0.394 e. The molecule has 5 nitrogen and oxygen atoms in total. The highest BCUT2D eigenvalue weighted by atomic mass is 16.3. The van der Waals surface area contributed by atoms with Gasteiger partial charge in [0.25, 0.3) is 0 Å². The Balaban J connectivity index is 1.82. The van der Waals surface area contributed by atoms with Crippen LogP contribution in [0.25, 0.3) is 11.0 Å². The molecule has 0 aliphatic heterocycles. The highest BCUT2D eigenvalue weighted by Crippen LogP contribution is 2.34. The minimum absolute atomic E-state index is 0.0288. The predicted molar refractivity (Wildman–Crippen MR) is 69.1 cm³/mol. The average molecular weight is 246 g/mol. The fraction of sp³-hybridized carbons (Fsp3) is 0.538. The van der Waals surface area contributed by atoms with Crippen molar-refractivity contribution in [3.8, 4) is 0 Å². The molecule has 96 valence electrons. The van der Waals surface area contributed by atoms with E-state index >= 15 is 0 Å². The third-order valence-electron chi connectivity index (χ3n) is 3.74. The number of hydrogen-bond acceptors (Lipinski definition) is 4. The second kappa shape index (κ2) is 4.03. The van der Waals surface area contributed by atoms with Crippen molar-refractivity contribution in [2.45, 2.75) is 31.8 Å². The SMILES string of the molecule is Cc1nn(C)c2ncc(CNC3(CO)CC3)cc12. The zero-order chi connectivity index (χ0) is 12.8. The van der Waals surface area contributed by atoms with E-state index in [1.54, 1.807) is 4.68 Å². The van der Waals surface area contributed by atoms with Crippen molar-refractivity contribution in [2.75, 3.05) is 6.61 Å². The van der Waals surface area contributed by atoms with Crippen LogP contribution in [0.3, 0.4) is 0 Å². The molecule has 1 aliphatic carbocycles. The lowest BCUT2D eigenvalue weighted by molar-refractivity contribution is 0.229. The summed E-state index contributed by atoms with van der Waals surface area (Å²) >= 11 is 0. The zero-order valence-electron chi connectivity index (χ0n) is 10.8. The molecule has 0 saturated heterocycles.